The summed E-state index contributed by atoms with van der Waals surface area (Å²) in [6, 6.07) is 0. The van der Waals surface area contributed by atoms with Crippen molar-refractivity contribution in [1.82, 2.24) is 0 Å². The number of hydrogen-bond donors (Lipinski definition) is 1. The predicted octanol–water partition coefficient (Wildman–Crippen LogP) is 1.40. The molecule has 1 rings (SSSR count). The Morgan fingerprint density at radius 3 is 2.40 bits per heavy atom. The molecule has 0 aromatic rings. The topological polar surface area (TPSA) is 69.4 Å². The maximum atomic E-state index is 11.5. The molecule has 2 N–H and O–H groups in total. The minimum atomic E-state index is -3.31. The van der Waals surface area contributed by atoms with Crippen molar-refractivity contribution >= 4 is 10.1 Å². The van der Waals surface area contributed by atoms with Crippen molar-refractivity contribution in [2.75, 3.05) is 12.3 Å². The average Bonchev–Trinajstić information content (AvgIpc) is 2.18. The lowest BCUT2D eigenvalue weighted by Crippen LogP contribution is -2.23. The monoisotopic (exact) mass is 235 g/mol. The molecule has 0 atom stereocenters. The van der Waals surface area contributed by atoms with Gasteiger partial charge in [-0.1, -0.05) is 19.3 Å². The second-order valence-electron chi connectivity index (χ2n) is 4.11. The molecule has 1 fully saturated rings. The van der Waals surface area contributed by atoms with Gasteiger partial charge in [-0.05, 0) is 32.2 Å². The average molecular weight is 235 g/mol. The van der Waals surface area contributed by atoms with Crippen molar-refractivity contribution in [3.63, 3.8) is 0 Å². The summed E-state index contributed by atoms with van der Waals surface area (Å²) in [6.07, 6.45) is 6.42. The standard InChI is InChI=1S/C10H21NO3S/c11-8-4-5-9-15(12,13)14-10-6-2-1-3-7-10/h10H,1-9,11H2. The molecule has 5 heteroatoms. The van der Waals surface area contributed by atoms with Crippen molar-refractivity contribution in [2.24, 2.45) is 5.73 Å². The fraction of sp³-hybridized carbons (Fsp3) is 1.00. The van der Waals surface area contributed by atoms with Crippen LogP contribution in [0.1, 0.15) is 44.9 Å². The lowest BCUT2D eigenvalue weighted by molar-refractivity contribution is 0.162. The highest BCUT2D eigenvalue weighted by Gasteiger charge is 2.21. The maximum Gasteiger partial charge on any atom is 0.267 e. The molecule has 0 radical (unpaired) electrons. The summed E-state index contributed by atoms with van der Waals surface area (Å²) < 4.78 is 28.2. The third-order valence-electron chi connectivity index (χ3n) is 2.68. The van der Waals surface area contributed by atoms with Gasteiger partial charge in [0.1, 0.15) is 0 Å². The van der Waals surface area contributed by atoms with Crippen LogP contribution in [0, 0.1) is 0 Å². The fourth-order valence-corrected chi connectivity index (χ4v) is 3.10. The molecule has 0 heterocycles. The molecule has 0 amide bonds. The van der Waals surface area contributed by atoms with Crippen LogP contribution in [0.4, 0.5) is 0 Å². The zero-order valence-corrected chi connectivity index (χ0v) is 9.97. The molecule has 0 unspecified atom stereocenters. The third-order valence-corrected chi connectivity index (χ3v) is 4.04. The van der Waals surface area contributed by atoms with Gasteiger partial charge >= 0.3 is 0 Å². The highest BCUT2D eigenvalue weighted by Crippen LogP contribution is 2.22. The summed E-state index contributed by atoms with van der Waals surface area (Å²) in [5.41, 5.74) is 5.31. The highest BCUT2D eigenvalue weighted by atomic mass is 32.2. The van der Waals surface area contributed by atoms with E-state index in [0.29, 0.717) is 13.0 Å². The Hall–Kier alpha value is -0.130. The lowest BCUT2D eigenvalue weighted by Gasteiger charge is -2.21. The van der Waals surface area contributed by atoms with Crippen LogP contribution in [0.3, 0.4) is 0 Å². The van der Waals surface area contributed by atoms with E-state index in [-0.39, 0.29) is 11.9 Å². The van der Waals surface area contributed by atoms with Gasteiger partial charge in [0.15, 0.2) is 0 Å². The molecule has 15 heavy (non-hydrogen) atoms. The second kappa shape index (κ2) is 6.45. The molecule has 0 aromatic heterocycles. The molecule has 0 spiro atoms. The summed E-state index contributed by atoms with van der Waals surface area (Å²) in [6.45, 7) is 0.541. The van der Waals surface area contributed by atoms with Gasteiger partial charge in [0.2, 0.25) is 0 Å². The number of hydrogen-bond acceptors (Lipinski definition) is 4. The first-order valence-corrected chi connectivity index (χ1v) is 7.33. The Bertz CT molecular complexity index is 258. The van der Waals surface area contributed by atoms with Crippen molar-refractivity contribution < 1.29 is 12.6 Å². The van der Waals surface area contributed by atoms with E-state index in [2.05, 4.69) is 0 Å². The first-order valence-electron chi connectivity index (χ1n) is 5.75. The Labute approximate surface area is 92.3 Å². The minimum absolute atomic E-state index is 0.0679. The Kier molecular flexibility index (Phi) is 5.56. The molecule has 0 bridgehead atoms. The van der Waals surface area contributed by atoms with Crippen LogP contribution in [-0.4, -0.2) is 26.8 Å². The molecule has 0 aromatic carbocycles. The van der Waals surface area contributed by atoms with Crippen molar-refractivity contribution in [2.45, 2.75) is 51.0 Å². The van der Waals surface area contributed by atoms with Crippen LogP contribution in [0.5, 0.6) is 0 Å². The first-order chi connectivity index (χ1) is 7.14. The quantitative estimate of drug-likeness (QED) is 0.558. The van der Waals surface area contributed by atoms with Gasteiger partial charge in [-0.3, -0.25) is 4.18 Å². The van der Waals surface area contributed by atoms with Crippen LogP contribution in [0.15, 0.2) is 0 Å². The van der Waals surface area contributed by atoms with Crippen LogP contribution in [-0.2, 0) is 14.3 Å². The Balaban J connectivity index is 2.27. The van der Waals surface area contributed by atoms with E-state index in [1.54, 1.807) is 0 Å². The van der Waals surface area contributed by atoms with Gasteiger partial charge in [0.25, 0.3) is 10.1 Å². The SMILES string of the molecule is NCCCCS(=O)(=O)OC1CCCCC1. The fourth-order valence-electron chi connectivity index (χ4n) is 1.84. The molecule has 4 nitrogen and oxygen atoms in total. The zero-order chi connectivity index (χ0) is 11.1. The van der Waals surface area contributed by atoms with Gasteiger partial charge in [-0.15, -0.1) is 0 Å². The normalized spacial score (nSPS) is 19.3. The number of rotatable bonds is 6. The lowest BCUT2D eigenvalue weighted by atomic mass is 9.98. The van der Waals surface area contributed by atoms with Crippen LogP contribution in [0.25, 0.3) is 0 Å². The smallest absolute Gasteiger partial charge is 0.267 e. The number of nitrogens with two attached hydrogens (primary N) is 1. The van der Waals surface area contributed by atoms with E-state index in [4.69, 9.17) is 9.92 Å². The summed E-state index contributed by atoms with van der Waals surface area (Å²) >= 11 is 0. The molecule has 0 saturated heterocycles. The van der Waals surface area contributed by atoms with E-state index in [0.717, 1.165) is 32.1 Å². The van der Waals surface area contributed by atoms with Crippen LogP contribution in [0.2, 0.25) is 0 Å². The molecule has 1 saturated carbocycles. The van der Waals surface area contributed by atoms with Gasteiger partial charge in [-0.2, -0.15) is 8.42 Å². The van der Waals surface area contributed by atoms with E-state index in [9.17, 15) is 8.42 Å². The second-order valence-corrected chi connectivity index (χ2v) is 5.83. The van der Waals surface area contributed by atoms with Crippen molar-refractivity contribution in [3.8, 4) is 0 Å². The van der Waals surface area contributed by atoms with Gasteiger partial charge in [-0.25, -0.2) is 0 Å². The molecule has 90 valence electrons. The summed E-state index contributed by atoms with van der Waals surface area (Å²) in [7, 11) is -3.31. The van der Waals surface area contributed by atoms with Crippen LogP contribution < -0.4 is 5.73 Å². The molecular weight excluding hydrogens is 214 g/mol. The summed E-state index contributed by atoms with van der Waals surface area (Å²) in [5, 5.41) is 0. The largest absolute Gasteiger partial charge is 0.330 e. The van der Waals surface area contributed by atoms with E-state index >= 15 is 0 Å². The third kappa shape index (κ3) is 5.49. The van der Waals surface area contributed by atoms with E-state index in [1.807, 2.05) is 0 Å². The number of unbranched alkanes of at least 4 members (excludes halogenated alkanes) is 1. The molecule has 0 aliphatic heterocycles. The molecule has 1 aliphatic rings. The van der Waals surface area contributed by atoms with Crippen molar-refractivity contribution in [1.29, 1.82) is 0 Å². The van der Waals surface area contributed by atoms with Gasteiger partial charge in [0, 0.05) is 0 Å². The molecular formula is C10H21NO3S. The Morgan fingerprint density at radius 1 is 1.13 bits per heavy atom. The zero-order valence-electron chi connectivity index (χ0n) is 9.15. The van der Waals surface area contributed by atoms with Gasteiger partial charge < -0.3 is 5.73 Å². The maximum absolute atomic E-state index is 11.5. The predicted molar refractivity (Wildman–Crippen MR) is 60.0 cm³/mol. The minimum Gasteiger partial charge on any atom is -0.330 e. The van der Waals surface area contributed by atoms with E-state index < -0.39 is 10.1 Å². The van der Waals surface area contributed by atoms with Crippen molar-refractivity contribution in [3.05, 3.63) is 0 Å². The molecule has 1 aliphatic carbocycles. The van der Waals surface area contributed by atoms with Crippen LogP contribution >= 0.6 is 0 Å². The first kappa shape index (κ1) is 12.9. The summed E-state index contributed by atoms with van der Waals surface area (Å²) in [5.74, 6) is 0.112. The van der Waals surface area contributed by atoms with Gasteiger partial charge in [0.05, 0.1) is 11.9 Å². The van der Waals surface area contributed by atoms with E-state index in [1.165, 1.54) is 6.42 Å². The highest BCUT2D eigenvalue weighted by molar-refractivity contribution is 7.86. The Morgan fingerprint density at radius 2 is 1.80 bits per heavy atom. The summed E-state index contributed by atoms with van der Waals surface area (Å²) in [4.78, 5) is 0.